The van der Waals surface area contributed by atoms with Crippen LogP contribution in [-0.4, -0.2) is 33.6 Å². The fourth-order valence-corrected chi connectivity index (χ4v) is 2.03. The fourth-order valence-electron chi connectivity index (χ4n) is 2.03. The molecular weight excluding hydrogens is 208 g/mol. The van der Waals surface area contributed by atoms with Crippen LogP contribution < -0.4 is 0 Å². The Morgan fingerprint density at radius 1 is 1.38 bits per heavy atom. The Morgan fingerprint density at radius 3 is 2.50 bits per heavy atom. The maximum Gasteiger partial charge on any atom is 0.312 e. The second-order valence-electron chi connectivity index (χ2n) is 3.88. The lowest BCUT2D eigenvalue weighted by molar-refractivity contribution is -0.151. The third-order valence-corrected chi connectivity index (χ3v) is 2.96. The van der Waals surface area contributed by atoms with Crippen molar-refractivity contribution in [3.05, 3.63) is 11.6 Å². The summed E-state index contributed by atoms with van der Waals surface area (Å²) in [6.07, 6.45) is 5.43. The predicted octanol–water partition coefficient (Wildman–Crippen LogP) is 1.89. The lowest BCUT2D eigenvalue weighted by atomic mass is 9.94. The van der Waals surface area contributed by atoms with E-state index in [1.54, 1.807) is 14.2 Å². The Hall–Kier alpha value is -0.870. The Kier molecular flexibility index (Phi) is 5.49. The highest BCUT2D eigenvalue weighted by atomic mass is 16.7. The van der Waals surface area contributed by atoms with Gasteiger partial charge in [-0.05, 0) is 19.3 Å². The standard InChI is InChI=1S/C12H20O4/c1-14-11(15-2)8-10(12(13)16-3)9-6-4-5-7-9/h6,10-11H,4-5,7-8H2,1-3H3. The minimum atomic E-state index is -0.356. The molecule has 1 rings (SSSR count). The molecule has 0 amide bonds. The number of rotatable bonds is 6. The van der Waals surface area contributed by atoms with Crippen LogP contribution in [0.3, 0.4) is 0 Å². The Bertz CT molecular complexity index is 256. The largest absolute Gasteiger partial charge is 0.469 e. The van der Waals surface area contributed by atoms with Crippen LogP contribution in [0.5, 0.6) is 0 Å². The van der Waals surface area contributed by atoms with Crippen molar-refractivity contribution < 1.29 is 19.0 Å². The zero-order chi connectivity index (χ0) is 12.0. The molecule has 0 saturated carbocycles. The zero-order valence-electron chi connectivity index (χ0n) is 10.2. The lowest BCUT2D eigenvalue weighted by Crippen LogP contribution is -2.25. The molecule has 4 nitrogen and oxygen atoms in total. The number of carbonyl (C=O) groups is 1. The van der Waals surface area contributed by atoms with Crippen molar-refractivity contribution >= 4 is 5.97 Å². The molecular formula is C12H20O4. The molecule has 0 bridgehead atoms. The molecule has 0 aliphatic heterocycles. The van der Waals surface area contributed by atoms with Gasteiger partial charge in [-0.1, -0.05) is 11.6 Å². The Labute approximate surface area is 96.6 Å². The second-order valence-corrected chi connectivity index (χ2v) is 3.88. The van der Waals surface area contributed by atoms with Gasteiger partial charge in [0.2, 0.25) is 0 Å². The molecule has 0 radical (unpaired) electrons. The molecule has 0 heterocycles. The summed E-state index contributed by atoms with van der Waals surface area (Å²) in [6, 6.07) is 0. The second kappa shape index (κ2) is 6.66. The smallest absolute Gasteiger partial charge is 0.312 e. The molecule has 1 aliphatic rings. The number of carbonyl (C=O) groups excluding carboxylic acids is 1. The number of allylic oxidation sites excluding steroid dienone is 1. The number of esters is 1. The van der Waals surface area contributed by atoms with Gasteiger partial charge in [-0.25, -0.2) is 0 Å². The predicted molar refractivity (Wildman–Crippen MR) is 59.9 cm³/mol. The summed E-state index contributed by atoms with van der Waals surface area (Å²) in [5, 5.41) is 0. The van der Waals surface area contributed by atoms with Crippen molar-refractivity contribution in [3.8, 4) is 0 Å². The molecule has 16 heavy (non-hydrogen) atoms. The third kappa shape index (κ3) is 3.32. The van der Waals surface area contributed by atoms with Crippen LogP contribution in [0.25, 0.3) is 0 Å². The highest BCUT2D eigenvalue weighted by molar-refractivity contribution is 5.75. The number of methoxy groups -OCH3 is 3. The van der Waals surface area contributed by atoms with Crippen LogP contribution in [0.1, 0.15) is 25.7 Å². The summed E-state index contributed by atoms with van der Waals surface area (Å²) in [7, 11) is 4.57. The van der Waals surface area contributed by atoms with Gasteiger partial charge in [-0.3, -0.25) is 4.79 Å². The summed E-state index contributed by atoms with van der Waals surface area (Å²) in [6.45, 7) is 0. The van der Waals surface area contributed by atoms with Crippen molar-refractivity contribution in [1.82, 2.24) is 0 Å². The van der Waals surface area contributed by atoms with E-state index in [0.29, 0.717) is 6.42 Å². The summed E-state index contributed by atoms with van der Waals surface area (Å²) in [5.41, 5.74) is 1.16. The van der Waals surface area contributed by atoms with E-state index in [1.807, 2.05) is 0 Å². The van der Waals surface area contributed by atoms with Gasteiger partial charge in [0, 0.05) is 20.6 Å². The number of hydrogen-bond donors (Lipinski definition) is 0. The van der Waals surface area contributed by atoms with E-state index >= 15 is 0 Å². The summed E-state index contributed by atoms with van der Waals surface area (Å²) < 4.78 is 15.1. The SMILES string of the molecule is COC(=O)C(CC(OC)OC)C1=CCCC1. The summed E-state index contributed by atoms with van der Waals surface area (Å²) >= 11 is 0. The first kappa shape index (κ1) is 13.2. The van der Waals surface area contributed by atoms with Gasteiger partial charge in [0.15, 0.2) is 6.29 Å². The molecule has 0 aromatic carbocycles. The molecule has 1 aliphatic carbocycles. The molecule has 0 aromatic heterocycles. The van der Waals surface area contributed by atoms with Crippen molar-refractivity contribution in [3.63, 3.8) is 0 Å². The minimum absolute atomic E-state index is 0.202. The quantitative estimate of drug-likeness (QED) is 0.395. The first-order valence-electron chi connectivity index (χ1n) is 5.55. The number of hydrogen-bond acceptors (Lipinski definition) is 4. The molecule has 1 unspecified atom stereocenters. The molecule has 0 saturated heterocycles. The summed E-state index contributed by atoms with van der Waals surface area (Å²) in [4.78, 5) is 11.7. The average molecular weight is 228 g/mol. The first-order valence-corrected chi connectivity index (χ1v) is 5.55. The van der Waals surface area contributed by atoms with Crippen molar-refractivity contribution in [1.29, 1.82) is 0 Å². The van der Waals surface area contributed by atoms with E-state index in [4.69, 9.17) is 14.2 Å². The minimum Gasteiger partial charge on any atom is -0.469 e. The molecule has 1 atom stereocenters. The van der Waals surface area contributed by atoms with E-state index in [0.717, 1.165) is 24.8 Å². The van der Waals surface area contributed by atoms with Gasteiger partial charge in [0.25, 0.3) is 0 Å². The van der Waals surface area contributed by atoms with E-state index in [9.17, 15) is 4.79 Å². The van der Waals surface area contributed by atoms with Crippen LogP contribution in [-0.2, 0) is 19.0 Å². The molecule has 0 fully saturated rings. The van der Waals surface area contributed by atoms with Crippen LogP contribution in [0.15, 0.2) is 11.6 Å². The van der Waals surface area contributed by atoms with Crippen molar-refractivity contribution in [2.45, 2.75) is 32.0 Å². The highest BCUT2D eigenvalue weighted by Crippen LogP contribution is 2.29. The molecule has 0 N–H and O–H groups in total. The Balaban J connectivity index is 2.67. The van der Waals surface area contributed by atoms with Crippen molar-refractivity contribution in [2.24, 2.45) is 5.92 Å². The third-order valence-electron chi connectivity index (χ3n) is 2.96. The van der Waals surface area contributed by atoms with Crippen LogP contribution in [0.4, 0.5) is 0 Å². The van der Waals surface area contributed by atoms with Crippen LogP contribution in [0, 0.1) is 5.92 Å². The molecule has 0 aromatic rings. The zero-order valence-corrected chi connectivity index (χ0v) is 10.2. The lowest BCUT2D eigenvalue weighted by Gasteiger charge is -2.20. The van der Waals surface area contributed by atoms with Gasteiger partial charge in [-0.15, -0.1) is 0 Å². The average Bonchev–Trinajstić information content (AvgIpc) is 2.83. The van der Waals surface area contributed by atoms with E-state index in [-0.39, 0.29) is 18.2 Å². The van der Waals surface area contributed by atoms with E-state index in [1.165, 1.54) is 7.11 Å². The van der Waals surface area contributed by atoms with E-state index < -0.39 is 0 Å². The maximum atomic E-state index is 11.7. The molecule has 0 spiro atoms. The van der Waals surface area contributed by atoms with Gasteiger partial charge in [0.1, 0.15) is 0 Å². The topological polar surface area (TPSA) is 44.8 Å². The monoisotopic (exact) mass is 228 g/mol. The van der Waals surface area contributed by atoms with Gasteiger partial charge >= 0.3 is 5.97 Å². The number of ether oxygens (including phenoxy) is 3. The molecule has 4 heteroatoms. The van der Waals surface area contributed by atoms with Crippen molar-refractivity contribution in [2.75, 3.05) is 21.3 Å². The highest BCUT2D eigenvalue weighted by Gasteiger charge is 2.28. The van der Waals surface area contributed by atoms with Gasteiger partial charge < -0.3 is 14.2 Å². The van der Waals surface area contributed by atoms with Crippen LogP contribution in [0.2, 0.25) is 0 Å². The Morgan fingerprint density at radius 2 is 2.06 bits per heavy atom. The van der Waals surface area contributed by atoms with Gasteiger partial charge in [-0.2, -0.15) is 0 Å². The molecule has 92 valence electrons. The van der Waals surface area contributed by atoms with Crippen LogP contribution >= 0.6 is 0 Å². The summed E-state index contributed by atoms with van der Waals surface area (Å²) in [5.74, 6) is -0.426. The van der Waals surface area contributed by atoms with Gasteiger partial charge in [0.05, 0.1) is 13.0 Å². The maximum absolute atomic E-state index is 11.7. The fraction of sp³-hybridized carbons (Fsp3) is 0.750. The first-order chi connectivity index (χ1) is 7.72. The van der Waals surface area contributed by atoms with E-state index in [2.05, 4.69) is 6.08 Å². The normalized spacial score (nSPS) is 17.4.